The van der Waals surface area contributed by atoms with Gasteiger partial charge in [-0.15, -0.1) is 0 Å². The standard InChI is InChI=1S/C19H21O3Se/c1-19(2)18(23-14-8-6-5-7-9-14)11-13-10-16(20-3)17(21-4)12-15(13)22-19/h5-12,18H,1-4H3/q+1. The minimum absolute atomic E-state index is 0.248. The molecule has 1 unspecified atom stereocenters. The van der Waals surface area contributed by atoms with Crippen molar-refractivity contribution in [1.82, 2.24) is 0 Å². The predicted octanol–water partition coefficient (Wildman–Crippen LogP) is 1.71. The van der Waals surface area contributed by atoms with Crippen LogP contribution in [0.4, 0.5) is 0 Å². The van der Waals surface area contributed by atoms with E-state index in [-0.39, 0.29) is 5.60 Å². The van der Waals surface area contributed by atoms with Crippen LogP contribution >= 0.6 is 0 Å². The number of ether oxygens (including phenoxy) is 2. The topological polar surface area (TPSA) is 29.8 Å². The number of benzene rings is 2. The Morgan fingerprint density at radius 1 is 1.00 bits per heavy atom. The van der Waals surface area contributed by atoms with Crippen LogP contribution in [0, 0.1) is 0 Å². The van der Waals surface area contributed by atoms with Crippen LogP contribution in [-0.4, -0.2) is 34.8 Å². The summed E-state index contributed by atoms with van der Waals surface area (Å²) in [5, 5.41) is 1.07. The second-order valence-corrected chi connectivity index (χ2v) is 8.52. The first-order valence-corrected chi connectivity index (χ1v) is 9.39. The number of hydrogen-bond donors (Lipinski definition) is 0. The van der Waals surface area contributed by atoms with Crippen LogP contribution in [-0.2, 0) is 0 Å². The Bertz CT molecular complexity index is 812. The average Bonchev–Trinajstić information content (AvgIpc) is 2.55. The van der Waals surface area contributed by atoms with E-state index in [4.69, 9.17) is 13.9 Å². The molecule has 0 amide bonds. The summed E-state index contributed by atoms with van der Waals surface area (Å²) in [7, 11) is 3.30. The van der Waals surface area contributed by atoms with Crippen LogP contribution in [0.25, 0.3) is 6.08 Å². The monoisotopic (exact) mass is 377 g/mol. The molecule has 0 bridgehead atoms. The van der Waals surface area contributed by atoms with Crippen LogP contribution in [0.1, 0.15) is 13.8 Å². The fourth-order valence-corrected chi connectivity index (χ4v) is 5.04. The predicted molar refractivity (Wildman–Crippen MR) is 95.2 cm³/mol. The molecule has 3 rings (SSSR count). The Morgan fingerprint density at radius 2 is 1.65 bits per heavy atom. The fourth-order valence-electron chi connectivity index (χ4n) is 2.62. The first-order valence-electron chi connectivity index (χ1n) is 7.55. The van der Waals surface area contributed by atoms with Gasteiger partial charge < -0.3 is 0 Å². The average molecular weight is 376 g/mol. The van der Waals surface area contributed by atoms with Crippen LogP contribution < -0.4 is 24.6 Å². The first kappa shape index (κ1) is 16.1. The molecule has 0 aromatic heterocycles. The summed E-state index contributed by atoms with van der Waals surface area (Å²) in [6.45, 7) is 4.30. The maximum absolute atomic E-state index is 6.29. The van der Waals surface area contributed by atoms with Crippen LogP contribution in [0.5, 0.6) is 11.5 Å². The van der Waals surface area contributed by atoms with Crippen LogP contribution in [0.15, 0.2) is 46.9 Å². The molecular weight excluding hydrogens is 355 g/mol. The Hall–Kier alpha value is -1.77. The van der Waals surface area contributed by atoms with Crippen molar-refractivity contribution in [3.8, 4) is 11.5 Å². The van der Waals surface area contributed by atoms with Gasteiger partial charge >= 0.3 is 142 Å². The van der Waals surface area contributed by atoms with Gasteiger partial charge in [-0.3, -0.25) is 0 Å². The summed E-state index contributed by atoms with van der Waals surface area (Å²) in [6, 6.07) is 14.5. The van der Waals surface area contributed by atoms with E-state index in [1.165, 1.54) is 4.46 Å². The molecule has 0 spiro atoms. The molecule has 120 valence electrons. The maximum atomic E-state index is 6.29. The summed E-state index contributed by atoms with van der Waals surface area (Å²) in [5.74, 6) is 1.43. The Morgan fingerprint density at radius 3 is 2.30 bits per heavy atom. The van der Waals surface area contributed by atoms with Gasteiger partial charge in [-0.2, -0.15) is 0 Å². The molecule has 2 aromatic carbocycles. The van der Waals surface area contributed by atoms with Crippen molar-refractivity contribution in [2.45, 2.75) is 24.3 Å². The van der Waals surface area contributed by atoms with E-state index in [0.717, 1.165) is 16.4 Å². The first-order chi connectivity index (χ1) is 11.0. The molecule has 0 saturated heterocycles. The van der Waals surface area contributed by atoms with E-state index in [1.54, 1.807) is 14.2 Å². The molecule has 1 aliphatic heterocycles. The third-order valence-electron chi connectivity index (χ3n) is 3.91. The molecule has 0 N–H and O–H groups in total. The molecule has 23 heavy (non-hydrogen) atoms. The van der Waals surface area contributed by atoms with Crippen molar-refractivity contribution in [3.05, 3.63) is 57.5 Å². The van der Waals surface area contributed by atoms with Gasteiger partial charge in [0.15, 0.2) is 0 Å². The van der Waals surface area contributed by atoms with Crippen molar-refractivity contribution in [3.63, 3.8) is 0 Å². The second kappa shape index (κ2) is 6.38. The van der Waals surface area contributed by atoms with Crippen LogP contribution in [0.2, 0.25) is 4.82 Å². The summed E-state index contributed by atoms with van der Waals surface area (Å²) in [6.07, 6.45) is 2.31. The molecule has 1 heterocycles. The molecule has 2 aromatic rings. The summed E-state index contributed by atoms with van der Waals surface area (Å²) < 4.78 is 18.5. The van der Waals surface area contributed by atoms with Gasteiger partial charge in [-0.25, -0.2) is 0 Å². The normalized spacial score (nSPS) is 18.3. The van der Waals surface area contributed by atoms with E-state index in [9.17, 15) is 0 Å². The quantitative estimate of drug-likeness (QED) is 0.601. The molecule has 3 nitrogen and oxygen atoms in total. The number of fused-ring (bicyclic) bond motifs is 1. The van der Waals surface area contributed by atoms with Gasteiger partial charge in [0.05, 0.1) is 0 Å². The summed E-state index contributed by atoms with van der Waals surface area (Å²) >= 11 is 0.301. The van der Waals surface area contributed by atoms with Crippen molar-refractivity contribution < 1.29 is 9.47 Å². The van der Waals surface area contributed by atoms with E-state index < -0.39 is 0 Å². The zero-order chi connectivity index (χ0) is 16.4. The van der Waals surface area contributed by atoms with Gasteiger partial charge in [-0.1, -0.05) is 0 Å². The molecule has 1 atom stereocenters. The number of hydrogen-bond acceptors (Lipinski definition) is 2. The number of rotatable bonds is 4. The zero-order valence-corrected chi connectivity index (χ0v) is 15.5. The fraction of sp³-hybridized carbons (Fsp3) is 0.316. The van der Waals surface area contributed by atoms with E-state index in [1.807, 2.05) is 12.1 Å². The Kier molecular flexibility index (Phi) is 4.47. The Labute approximate surface area is 142 Å². The van der Waals surface area contributed by atoms with Crippen molar-refractivity contribution in [2.24, 2.45) is 0 Å². The van der Waals surface area contributed by atoms with Gasteiger partial charge in [0, 0.05) is 0 Å². The third kappa shape index (κ3) is 3.29. The van der Waals surface area contributed by atoms with Gasteiger partial charge in [0.2, 0.25) is 0 Å². The molecule has 1 aliphatic rings. The van der Waals surface area contributed by atoms with Gasteiger partial charge in [0.1, 0.15) is 0 Å². The summed E-state index contributed by atoms with van der Waals surface area (Å²) in [5.41, 5.74) is 0.607. The van der Waals surface area contributed by atoms with Gasteiger partial charge in [-0.05, 0) is 0 Å². The van der Waals surface area contributed by atoms with Crippen molar-refractivity contribution in [1.29, 1.82) is 0 Å². The van der Waals surface area contributed by atoms with E-state index in [0.29, 0.717) is 25.5 Å². The molecule has 4 heteroatoms. The molecule has 0 aliphatic carbocycles. The van der Waals surface area contributed by atoms with Crippen molar-refractivity contribution >= 4 is 25.5 Å². The second-order valence-electron chi connectivity index (χ2n) is 5.97. The molecular formula is C19H21O3Se+. The van der Waals surface area contributed by atoms with Crippen LogP contribution in [0.3, 0.4) is 0 Å². The van der Waals surface area contributed by atoms with E-state index in [2.05, 4.69) is 50.3 Å². The minimum atomic E-state index is -0.248. The SMILES string of the molecule is COc1cc2c(cc1OC)=[O+]C(C)(C)C([Se]c1ccccc1)C=2. The molecule has 0 radical (unpaired) electrons. The summed E-state index contributed by atoms with van der Waals surface area (Å²) in [4.78, 5) is 0.350. The molecule has 0 saturated carbocycles. The third-order valence-corrected chi connectivity index (χ3v) is 7.06. The van der Waals surface area contributed by atoms with Crippen molar-refractivity contribution in [2.75, 3.05) is 14.2 Å². The number of methoxy groups -OCH3 is 2. The molecule has 0 fully saturated rings. The van der Waals surface area contributed by atoms with E-state index >= 15 is 0 Å². The van der Waals surface area contributed by atoms with Gasteiger partial charge in [0.25, 0.3) is 0 Å². The zero-order valence-electron chi connectivity index (χ0n) is 13.8. The Balaban J connectivity index is 2.06.